The lowest BCUT2D eigenvalue weighted by atomic mass is 10.2. The third-order valence-corrected chi connectivity index (χ3v) is 5.60. The molecule has 0 aromatic rings. The number of hydrogen-bond donors (Lipinski definition) is 0. The lowest BCUT2D eigenvalue weighted by Crippen LogP contribution is -2.38. The van der Waals surface area contributed by atoms with E-state index in [4.69, 9.17) is 0 Å². The Morgan fingerprint density at radius 1 is 1.15 bits per heavy atom. The van der Waals surface area contributed by atoms with Gasteiger partial charge in [-0.2, -0.15) is 0 Å². The largest absolute Gasteiger partial charge is 0.343 e. The summed E-state index contributed by atoms with van der Waals surface area (Å²) in [6, 6.07) is 0.0820. The minimum absolute atomic E-state index is 0.0820. The molecule has 0 aromatic heterocycles. The molecule has 0 N–H and O–H groups in total. The van der Waals surface area contributed by atoms with Gasteiger partial charge in [-0.05, 0) is 26.3 Å². The maximum absolute atomic E-state index is 12.2. The average molecular weight is 304 g/mol. The van der Waals surface area contributed by atoms with Gasteiger partial charge in [-0.3, -0.25) is 4.79 Å². The molecule has 1 fully saturated rings. The van der Waals surface area contributed by atoms with Gasteiger partial charge in [0.15, 0.2) is 9.84 Å². The zero-order valence-electron chi connectivity index (χ0n) is 13.0. The number of nitrogens with zero attached hydrogens (tertiary/aromatic N) is 2. The number of rotatable bonds is 8. The molecule has 0 bridgehead atoms. The number of hydrogen-bond acceptors (Lipinski definition) is 4. The van der Waals surface area contributed by atoms with E-state index in [2.05, 4.69) is 13.8 Å². The topological polar surface area (TPSA) is 57.7 Å². The van der Waals surface area contributed by atoms with Gasteiger partial charge in [0.2, 0.25) is 5.91 Å². The Labute approximate surface area is 123 Å². The van der Waals surface area contributed by atoms with Gasteiger partial charge in [0.05, 0.1) is 11.5 Å². The molecule has 1 amide bonds. The molecule has 1 heterocycles. The summed E-state index contributed by atoms with van der Waals surface area (Å²) in [5.41, 5.74) is 0. The van der Waals surface area contributed by atoms with E-state index in [0.29, 0.717) is 19.4 Å². The Bertz CT molecular complexity index is 403. The SMILES string of the molecule is CCCN(CCC)C(=O)CCN(C)C1CCS(=O)(=O)C1. The van der Waals surface area contributed by atoms with Gasteiger partial charge in [-0.25, -0.2) is 8.42 Å². The van der Waals surface area contributed by atoms with E-state index in [1.54, 1.807) is 0 Å². The minimum Gasteiger partial charge on any atom is -0.343 e. The summed E-state index contributed by atoms with van der Waals surface area (Å²) in [4.78, 5) is 16.1. The molecule has 1 aliphatic rings. The quantitative estimate of drug-likeness (QED) is 0.675. The second kappa shape index (κ2) is 7.98. The van der Waals surface area contributed by atoms with E-state index in [1.807, 2.05) is 16.8 Å². The monoisotopic (exact) mass is 304 g/mol. The first kappa shape index (κ1) is 17.4. The van der Waals surface area contributed by atoms with Crippen molar-refractivity contribution in [1.82, 2.24) is 9.80 Å². The van der Waals surface area contributed by atoms with Crippen LogP contribution in [-0.4, -0.2) is 68.4 Å². The third kappa shape index (κ3) is 5.40. The first-order chi connectivity index (χ1) is 9.39. The molecule has 118 valence electrons. The summed E-state index contributed by atoms with van der Waals surface area (Å²) >= 11 is 0. The summed E-state index contributed by atoms with van der Waals surface area (Å²) in [6.07, 6.45) is 3.12. The Kier molecular flexibility index (Phi) is 6.95. The van der Waals surface area contributed by atoms with Crippen molar-refractivity contribution in [3.8, 4) is 0 Å². The fraction of sp³-hybridized carbons (Fsp3) is 0.929. The second-order valence-electron chi connectivity index (χ2n) is 5.67. The van der Waals surface area contributed by atoms with Gasteiger partial charge in [0.25, 0.3) is 0 Å². The highest BCUT2D eigenvalue weighted by Gasteiger charge is 2.30. The van der Waals surface area contributed by atoms with Crippen molar-refractivity contribution in [3.05, 3.63) is 0 Å². The fourth-order valence-electron chi connectivity index (χ4n) is 2.64. The molecule has 1 rings (SSSR count). The van der Waals surface area contributed by atoms with Crippen LogP contribution >= 0.6 is 0 Å². The summed E-state index contributed by atoms with van der Waals surface area (Å²) in [5, 5.41) is 0. The molecule has 1 unspecified atom stereocenters. The van der Waals surface area contributed by atoms with E-state index in [9.17, 15) is 13.2 Å². The average Bonchev–Trinajstić information content (AvgIpc) is 2.75. The normalized spacial score (nSPS) is 21.3. The smallest absolute Gasteiger partial charge is 0.223 e. The molecule has 0 saturated carbocycles. The van der Waals surface area contributed by atoms with E-state index in [-0.39, 0.29) is 23.5 Å². The van der Waals surface area contributed by atoms with Crippen molar-refractivity contribution in [3.63, 3.8) is 0 Å². The molecule has 0 aliphatic carbocycles. The predicted molar refractivity (Wildman–Crippen MR) is 81.5 cm³/mol. The molecule has 20 heavy (non-hydrogen) atoms. The van der Waals surface area contributed by atoms with Crippen molar-refractivity contribution >= 4 is 15.7 Å². The Balaban J connectivity index is 2.39. The third-order valence-electron chi connectivity index (χ3n) is 3.85. The summed E-state index contributed by atoms with van der Waals surface area (Å²) in [6.45, 7) is 6.42. The van der Waals surface area contributed by atoms with Crippen LogP contribution in [0.5, 0.6) is 0 Å². The van der Waals surface area contributed by atoms with Crippen LogP contribution < -0.4 is 0 Å². The highest BCUT2D eigenvalue weighted by Crippen LogP contribution is 2.16. The summed E-state index contributed by atoms with van der Waals surface area (Å²) < 4.78 is 22.9. The summed E-state index contributed by atoms with van der Waals surface area (Å²) in [7, 11) is -0.930. The van der Waals surface area contributed by atoms with Crippen molar-refractivity contribution in [2.75, 3.05) is 38.2 Å². The van der Waals surface area contributed by atoms with Crippen LogP contribution in [0.1, 0.15) is 39.5 Å². The molecule has 1 saturated heterocycles. The molecule has 0 aromatic carbocycles. The van der Waals surface area contributed by atoms with Crippen LogP contribution in [0.25, 0.3) is 0 Å². The minimum atomic E-state index is -2.85. The Morgan fingerprint density at radius 3 is 2.20 bits per heavy atom. The van der Waals surface area contributed by atoms with Gasteiger partial charge in [-0.15, -0.1) is 0 Å². The molecular weight excluding hydrogens is 276 g/mol. The van der Waals surface area contributed by atoms with Gasteiger partial charge in [0, 0.05) is 32.1 Å². The molecular formula is C14H28N2O3S. The van der Waals surface area contributed by atoms with Crippen LogP contribution in [0.2, 0.25) is 0 Å². The summed E-state index contributed by atoms with van der Waals surface area (Å²) in [5.74, 6) is 0.709. The molecule has 0 spiro atoms. The van der Waals surface area contributed by atoms with E-state index in [0.717, 1.165) is 25.9 Å². The number of carbonyl (C=O) groups is 1. The predicted octanol–water partition coefficient (Wildman–Crippen LogP) is 1.14. The molecule has 5 nitrogen and oxygen atoms in total. The van der Waals surface area contributed by atoms with Crippen molar-refractivity contribution in [1.29, 1.82) is 0 Å². The van der Waals surface area contributed by atoms with Crippen molar-refractivity contribution in [2.45, 2.75) is 45.6 Å². The van der Waals surface area contributed by atoms with Crippen molar-refractivity contribution in [2.24, 2.45) is 0 Å². The maximum atomic E-state index is 12.2. The second-order valence-corrected chi connectivity index (χ2v) is 7.90. The first-order valence-corrected chi connectivity index (χ1v) is 9.40. The van der Waals surface area contributed by atoms with Crippen LogP contribution in [0.3, 0.4) is 0 Å². The van der Waals surface area contributed by atoms with Gasteiger partial charge >= 0.3 is 0 Å². The lowest BCUT2D eigenvalue weighted by Gasteiger charge is -2.26. The van der Waals surface area contributed by atoms with Gasteiger partial charge in [0.1, 0.15) is 0 Å². The van der Waals surface area contributed by atoms with Crippen molar-refractivity contribution < 1.29 is 13.2 Å². The van der Waals surface area contributed by atoms with Crippen LogP contribution in [0.4, 0.5) is 0 Å². The Hall–Kier alpha value is -0.620. The van der Waals surface area contributed by atoms with E-state index < -0.39 is 9.84 Å². The number of sulfone groups is 1. The zero-order chi connectivity index (χ0) is 15.2. The van der Waals surface area contributed by atoms with E-state index >= 15 is 0 Å². The highest BCUT2D eigenvalue weighted by molar-refractivity contribution is 7.91. The number of carbonyl (C=O) groups excluding carboxylic acids is 1. The molecule has 1 aliphatic heterocycles. The zero-order valence-corrected chi connectivity index (χ0v) is 13.8. The Morgan fingerprint density at radius 2 is 1.75 bits per heavy atom. The molecule has 6 heteroatoms. The number of amides is 1. The van der Waals surface area contributed by atoms with Crippen LogP contribution in [0.15, 0.2) is 0 Å². The molecule has 0 radical (unpaired) electrons. The first-order valence-electron chi connectivity index (χ1n) is 7.58. The van der Waals surface area contributed by atoms with Gasteiger partial charge < -0.3 is 9.80 Å². The van der Waals surface area contributed by atoms with Gasteiger partial charge in [-0.1, -0.05) is 13.8 Å². The van der Waals surface area contributed by atoms with E-state index in [1.165, 1.54) is 0 Å². The highest BCUT2D eigenvalue weighted by atomic mass is 32.2. The fourth-order valence-corrected chi connectivity index (χ4v) is 4.44. The van der Waals surface area contributed by atoms with Crippen LogP contribution in [0, 0.1) is 0 Å². The maximum Gasteiger partial charge on any atom is 0.223 e. The van der Waals surface area contributed by atoms with Crippen LogP contribution in [-0.2, 0) is 14.6 Å². The lowest BCUT2D eigenvalue weighted by molar-refractivity contribution is -0.131. The standard InChI is InChI=1S/C14H28N2O3S/c1-4-8-16(9-5-2)14(17)6-10-15(3)13-7-11-20(18,19)12-13/h13H,4-12H2,1-3H3. The molecule has 1 atom stereocenters.